The number of aromatic nitrogens is 4. The summed E-state index contributed by atoms with van der Waals surface area (Å²) >= 11 is 0. The lowest BCUT2D eigenvalue weighted by Crippen LogP contribution is -2.07. The Hall–Kier alpha value is -4.96. The van der Waals surface area contributed by atoms with Crippen LogP contribution in [0.5, 0.6) is 0 Å². The van der Waals surface area contributed by atoms with E-state index in [0.29, 0.717) is 11.3 Å². The highest BCUT2D eigenvalue weighted by Crippen LogP contribution is 2.34. The van der Waals surface area contributed by atoms with Crippen LogP contribution in [0.2, 0.25) is 0 Å². The average Bonchev–Trinajstić information content (AvgIpc) is 3.49. The highest BCUT2D eigenvalue weighted by atomic mass is 16.1. The second kappa shape index (κ2) is 8.52. The highest BCUT2D eigenvalue weighted by Gasteiger charge is 2.12. The number of carbonyl (C=O) groups excluding carboxylic acids is 1. The second-order valence-electron chi connectivity index (χ2n) is 7.91. The predicted molar refractivity (Wildman–Crippen MR) is 133 cm³/mol. The first kappa shape index (κ1) is 20.9. The zero-order valence-corrected chi connectivity index (χ0v) is 18.4. The minimum atomic E-state index is -0.284. The molecule has 2 N–H and O–H groups in total. The molecule has 3 heterocycles. The molecule has 3 aromatic heterocycles. The van der Waals surface area contributed by atoms with Crippen molar-refractivity contribution in [2.24, 2.45) is 7.05 Å². The van der Waals surface area contributed by atoms with E-state index in [1.54, 1.807) is 23.1 Å². The van der Waals surface area contributed by atoms with Crippen LogP contribution in [0.4, 0.5) is 5.69 Å². The summed E-state index contributed by atoms with van der Waals surface area (Å²) in [6.45, 7) is 3.54. The number of carbonyl (C=O) groups is 1. The number of amides is 1. The summed E-state index contributed by atoms with van der Waals surface area (Å²) in [6.07, 6.45) is 8.65. The maximum Gasteiger partial charge on any atom is 0.247 e. The van der Waals surface area contributed by atoms with Gasteiger partial charge in [0.05, 0.1) is 17.8 Å². The highest BCUT2D eigenvalue weighted by molar-refractivity contribution is 6.00. The summed E-state index contributed by atoms with van der Waals surface area (Å²) in [7, 11) is 1.86. The third-order valence-electron chi connectivity index (χ3n) is 5.59. The van der Waals surface area contributed by atoms with Crippen LogP contribution >= 0.6 is 0 Å². The van der Waals surface area contributed by atoms with E-state index in [1.807, 2.05) is 55.8 Å². The van der Waals surface area contributed by atoms with Crippen LogP contribution in [0.25, 0.3) is 44.4 Å². The van der Waals surface area contributed by atoms with Crippen molar-refractivity contribution in [2.75, 3.05) is 5.32 Å². The van der Waals surface area contributed by atoms with Crippen LogP contribution in [-0.4, -0.2) is 25.7 Å². The molecule has 0 unspecified atom stereocenters. The normalized spacial score (nSPS) is 10.7. The number of anilines is 1. The number of nitrogens with one attached hydrogen (secondary N) is 2. The molecule has 0 saturated heterocycles. The van der Waals surface area contributed by atoms with Gasteiger partial charge in [-0.05, 0) is 59.2 Å². The first-order valence-corrected chi connectivity index (χ1v) is 10.6. The van der Waals surface area contributed by atoms with E-state index in [-0.39, 0.29) is 5.91 Å². The summed E-state index contributed by atoms with van der Waals surface area (Å²) in [6, 6.07) is 17.6. The van der Waals surface area contributed by atoms with Crippen LogP contribution in [-0.2, 0) is 11.8 Å². The standard InChI is InChI=1S/C27H20N6O/c1-3-26(34)32-23-9-19(8-20(10-23)22-14-31-33(2)16-22)21-11-24-25(15-30-27(24)29-13-21)18-6-4-5-17(7-18)12-28/h3-11,13-16H,1H2,2H3,(H,29,30)(H,32,34). The number of nitriles is 1. The van der Waals surface area contributed by atoms with E-state index in [9.17, 15) is 10.1 Å². The molecular formula is C27H20N6O. The van der Waals surface area contributed by atoms with Crippen molar-refractivity contribution < 1.29 is 4.79 Å². The lowest BCUT2D eigenvalue weighted by atomic mass is 9.98. The molecule has 5 aromatic rings. The molecule has 0 spiro atoms. The number of hydrogen-bond donors (Lipinski definition) is 2. The van der Waals surface area contributed by atoms with Crippen molar-refractivity contribution in [3.05, 3.63) is 91.5 Å². The topological polar surface area (TPSA) is 99.4 Å². The van der Waals surface area contributed by atoms with Gasteiger partial charge in [0.25, 0.3) is 0 Å². The summed E-state index contributed by atoms with van der Waals surface area (Å²) in [4.78, 5) is 19.8. The molecule has 164 valence electrons. The summed E-state index contributed by atoms with van der Waals surface area (Å²) in [5, 5.41) is 17.4. The van der Waals surface area contributed by atoms with Crippen molar-refractivity contribution in [1.29, 1.82) is 5.26 Å². The Morgan fingerprint density at radius 1 is 1.09 bits per heavy atom. The zero-order chi connectivity index (χ0) is 23.7. The molecule has 5 rings (SSSR count). The van der Waals surface area contributed by atoms with E-state index < -0.39 is 0 Å². The van der Waals surface area contributed by atoms with Gasteiger partial charge in [0, 0.05) is 53.4 Å². The number of aryl methyl sites for hydroxylation is 1. The molecule has 0 aliphatic heterocycles. The van der Waals surface area contributed by atoms with Crippen LogP contribution in [0, 0.1) is 11.3 Å². The minimum Gasteiger partial charge on any atom is -0.346 e. The van der Waals surface area contributed by atoms with Crippen molar-refractivity contribution >= 4 is 22.6 Å². The lowest BCUT2D eigenvalue weighted by molar-refractivity contribution is -0.111. The van der Waals surface area contributed by atoms with E-state index in [0.717, 1.165) is 44.4 Å². The Kier molecular flexibility index (Phi) is 5.24. The number of hydrogen-bond acceptors (Lipinski definition) is 4. The minimum absolute atomic E-state index is 0.284. The monoisotopic (exact) mass is 444 g/mol. The van der Waals surface area contributed by atoms with Crippen molar-refractivity contribution in [3.63, 3.8) is 0 Å². The largest absolute Gasteiger partial charge is 0.346 e. The smallest absolute Gasteiger partial charge is 0.247 e. The van der Waals surface area contributed by atoms with Crippen molar-refractivity contribution in [1.82, 2.24) is 19.7 Å². The maximum absolute atomic E-state index is 12.0. The summed E-state index contributed by atoms with van der Waals surface area (Å²) in [5.74, 6) is -0.284. The Bertz CT molecular complexity index is 1600. The predicted octanol–water partition coefficient (Wildman–Crippen LogP) is 5.29. The van der Waals surface area contributed by atoms with Gasteiger partial charge in [0.1, 0.15) is 5.65 Å². The first-order valence-electron chi connectivity index (χ1n) is 10.6. The molecule has 0 atom stereocenters. The average molecular weight is 444 g/mol. The Morgan fingerprint density at radius 2 is 1.91 bits per heavy atom. The van der Waals surface area contributed by atoms with E-state index in [4.69, 9.17) is 0 Å². The van der Waals surface area contributed by atoms with Gasteiger partial charge in [-0.1, -0.05) is 18.7 Å². The van der Waals surface area contributed by atoms with Gasteiger partial charge in [0.15, 0.2) is 0 Å². The molecular weight excluding hydrogens is 424 g/mol. The molecule has 7 nitrogen and oxygen atoms in total. The molecule has 1 amide bonds. The van der Waals surface area contributed by atoms with Gasteiger partial charge in [-0.2, -0.15) is 10.4 Å². The number of nitrogens with zero attached hydrogens (tertiary/aromatic N) is 4. The zero-order valence-electron chi connectivity index (χ0n) is 18.4. The number of aromatic amines is 1. The lowest BCUT2D eigenvalue weighted by Gasteiger charge is -2.10. The molecule has 0 fully saturated rings. The molecule has 0 saturated carbocycles. The van der Waals surface area contributed by atoms with Gasteiger partial charge in [-0.25, -0.2) is 4.98 Å². The van der Waals surface area contributed by atoms with Crippen LogP contribution in [0.3, 0.4) is 0 Å². The molecule has 7 heteroatoms. The van der Waals surface area contributed by atoms with Crippen molar-refractivity contribution in [3.8, 4) is 39.4 Å². The van der Waals surface area contributed by atoms with Gasteiger partial charge >= 0.3 is 0 Å². The summed E-state index contributed by atoms with van der Waals surface area (Å²) in [5.41, 5.74) is 7.55. The second-order valence-corrected chi connectivity index (χ2v) is 7.91. The third kappa shape index (κ3) is 3.96. The van der Waals surface area contributed by atoms with Gasteiger partial charge in [-0.3, -0.25) is 9.48 Å². The Balaban J connectivity index is 1.65. The number of rotatable bonds is 5. The van der Waals surface area contributed by atoms with Crippen molar-refractivity contribution in [2.45, 2.75) is 0 Å². The molecule has 0 aliphatic carbocycles. The Labute approximate surface area is 196 Å². The molecule has 0 aliphatic rings. The quantitative estimate of drug-likeness (QED) is 0.360. The number of fused-ring (bicyclic) bond motifs is 1. The van der Waals surface area contributed by atoms with Gasteiger partial charge in [0.2, 0.25) is 5.91 Å². The first-order chi connectivity index (χ1) is 16.5. The fourth-order valence-corrected chi connectivity index (χ4v) is 3.95. The van der Waals surface area contributed by atoms with Gasteiger partial charge in [-0.15, -0.1) is 0 Å². The Morgan fingerprint density at radius 3 is 2.65 bits per heavy atom. The SMILES string of the molecule is C=CC(=O)Nc1cc(-c2cnc3[nH]cc(-c4cccc(C#N)c4)c3c2)cc(-c2cnn(C)c2)c1. The molecule has 0 bridgehead atoms. The van der Waals surface area contributed by atoms with Crippen LogP contribution in [0.1, 0.15) is 5.56 Å². The van der Waals surface area contributed by atoms with E-state index in [2.05, 4.69) is 39.1 Å². The van der Waals surface area contributed by atoms with E-state index >= 15 is 0 Å². The van der Waals surface area contributed by atoms with Gasteiger partial charge < -0.3 is 10.3 Å². The van der Waals surface area contributed by atoms with Crippen LogP contribution < -0.4 is 5.32 Å². The number of benzene rings is 2. The fourth-order valence-electron chi connectivity index (χ4n) is 3.95. The van der Waals surface area contributed by atoms with Crippen LogP contribution in [0.15, 0.2) is 86.0 Å². The molecule has 0 radical (unpaired) electrons. The fraction of sp³-hybridized carbons (Fsp3) is 0.0370. The summed E-state index contributed by atoms with van der Waals surface area (Å²) < 4.78 is 1.74. The maximum atomic E-state index is 12.0. The molecule has 34 heavy (non-hydrogen) atoms. The number of H-pyrrole nitrogens is 1. The number of pyridine rings is 1. The molecule has 2 aromatic carbocycles. The van der Waals surface area contributed by atoms with E-state index in [1.165, 1.54) is 6.08 Å². The third-order valence-corrected chi connectivity index (χ3v) is 5.59.